The van der Waals surface area contributed by atoms with Crippen LogP contribution < -0.4 is 0 Å². The van der Waals surface area contributed by atoms with E-state index in [1.165, 1.54) is 0 Å². The fraction of sp³-hybridized carbons (Fsp3) is 1.00. The van der Waals surface area contributed by atoms with Crippen LogP contribution in [-0.4, -0.2) is 0 Å². The first-order valence-electron chi connectivity index (χ1n) is 0. The average molecular weight is 450 g/mol. The summed E-state index contributed by atoms with van der Waals surface area (Å²) in [5.74, 6) is 0. The van der Waals surface area contributed by atoms with Crippen molar-refractivity contribution < 1.29 is 73.7 Å². The Bertz CT molecular complexity index is 6.88. The van der Waals surface area contributed by atoms with Crippen LogP contribution in [0.5, 0.6) is 0 Å². The second-order valence-electron chi connectivity index (χ2n) is 0. The van der Waals surface area contributed by atoms with Crippen LogP contribution in [0.15, 0.2) is 0 Å². The second kappa shape index (κ2) is 154. The van der Waals surface area contributed by atoms with Gasteiger partial charge in [-0.15, -0.1) is 0 Å². The Morgan fingerprint density at radius 1 is 0.222 bits per heavy atom. The van der Waals surface area contributed by atoms with E-state index in [9.17, 15) is 0 Å². The van der Waals surface area contributed by atoms with Crippen molar-refractivity contribution in [3.63, 3.8) is 0 Å². The van der Waals surface area contributed by atoms with Gasteiger partial charge in [-0.05, 0) is 0 Å². The van der Waals surface area contributed by atoms with Crippen molar-refractivity contribution in [2.24, 2.45) is 0 Å². The van der Waals surface area contributed by atoms with E-state index >= 15 is 0 Å². The minimum absolute atomic E-state index is 0. The van der Waals surface area contributed by atoms with Crippen LogP contribution >= 0.6 is 0 Å². The molecule has 0 unspecified atom stereocenters. The van der Waals surface area contributed by atoms with Gasteiger partial charge in [0.1, 0.15) is 0 Å². The van der Waals surface area contributed by atoms with Gasteiger partial charge in [0.15, 0.2) is 0 Å². The Morgan fingerprint density at radius 3 is 0.222 bits per heavy atom. The smallest absolute Gasteiger partial charge is 0 e. The molecular weight excluding hydrogens is 422 g/mol. The maximum atomic E-state index is 0. The van der Waals surface area contributed by atoms with Crippen LogP contribution in [0, 0.1) is 73.7 Å². The quantitative estimate of drug-likeness (QED) is 0.512. The standard InChI is InChI=1S/7CH4.2Tm/h7*1H4;;. The predicted molar refractivity (Wildman–Crippen MR) is 47.1 cm³/mol. The van der Waals surface area contributed by atoms with E-state index in [0.717, 1.165) is 0 Å². The Morgan fingerprint density at radius 2 is 0.222 bits per heavy atom. The van der Waals surface area contributed by atoms with Gasteiger partial charge in [-0.2, -0.15) is 0 Å². The third kappa shape index (κ3) is 123. The van der Waals surface area contributed by atoms with E-state index in [-0.39, 0.29) is 126 Å². The molecule has 0 fully saturated rings. The molecule has 0 spiro atoms. The zero-order chi connectivity index (χ0) is 0. The van der Waals surface area contributed by atoms with Crippen molar-refractivity contribution in [2.45, 2.75) is 52.0 Å². The summed E-state index contributed by atoms with van der Waals surface area (Å²) in [6, 6.07) is 0. The predicted octanol–water partition coefficient (Wildman–Crippen LogP) is 4.45. The van der Waals surface area contributed by atoms with Crippen molar-refractivity contribution in [1.82, 2.24) is 0 Å². The summed E-state index contributed by atoms with van der Waals surface area (Å²) in [4.78, 5) is 0. The van der Waals surface area contributed by atoms with Crippen molar-refractivity contribution in [3.8, 4) is 0 Å². The molecule has 0 heterocycles. The van der Waals surface area contributed by atoms with Gasteiger partial charge >= 0.3 is 0 Å². The summed E-state index contributed by atoms with van der Waals surface area (Å²) in [7, 11) is 0. The summed E-state index contributed by atoms with van der Waals surface area (Å²) in [5, 5.41) is 0. The molecule has 2 radical (unpaired) electrons. The van der Waals surface area contributed by atoms with Crippen molar-refractivity contribution >= 4 is 0 Å². The molecule has 0 atom stereocenters. The molecule has 0 aromatic heterocycles. The second-order valence-corrected chi connectivity index (χ2v) is 0. The molecule has 2 heteroatoms. The summed E-state index contributed by atoms with van der Waals surface area (Å²) in [5.41, 5.74) is 0. The molecule has 0 amide bonds. The average Bonchev–Trinajstić information content (AvgIpc) is 0. The monoisotopic (exact) mass is 450 g/mol. The van der Waals surface area contributed by atoms with E-state index in [1.807, 2.05) is 0 Å². The Balaban J connectivity index is 0. The molecular formula is C7H28Tm2. The molecule has 0 aliphatic rings. The Hall–Kier alpha value is 2.47. The van der Waals surface area contributed by atoms with Crippen LogP contribution in [-0.2, 0) is 0 Å². The number of hydrogen-bond acceptors (Lipinski definition) is 0. The summed E-state index contributed by atoms with van der Waals surface area (Å²) >= 11 is 0. The zero-order valence-corrected chi connectivity index (χ0v) is 4.11. The Labute approximate surface area is 124 Å². The molecule has 0 rings (SSSR count). The van der Waals surface area contributed by atoms with E-state index in [1.54, 1.807) is 0 Å². The molecule has 0 saturated heterocycles. The molecule has 0 aromatic carbocycles. The molecule has 0 bridgehead atoms. The largest absolute Gasteiger partial charge is 0.0776 e. The normalized spacial score (nSPS) is 0. The first-order valence-corrected chi connectivity index (χ1v) is 0. The van der Waals surface area contributed by atoms with Crippen LogP contribution in [0.3, 0.4) is 0 Å². The minimum Gasteiger partial charge on any atom is -0.0776 e. The molecule has 0 aromatic rings. The SMILES string of the molecule is C.C.C.C.C.C.C.[Tm].[Tm]. The van der Waals surface area contributed by atoms with Crippen LogP contribution in [0.2, 0.25) is 0 Å². The molecule has 0 N–H and O–H groups in total. The van der Waals surface area contributed by atoms with E-state index in [4.69, 9.17) is 0 Å². The van der Waals surface area contributed by atoms with Gasteiger partial charge in [0.25, 0.3) is 0 Å². The van der Waals surface area contributed by atoms with Crippen molar-refractivity contribution in [2.75, 3.05) is 0 Å². The van der Waals surface area contributed by atoms with E-state index in [2.05, 4.69) is 0 Å². The molecule has 0 nitrogen and oxygen atoms in total. The van der Waals surface area contributed by atoms with Gasteiger partial charge in [-0.3, -0.25) is 0 Å². The fourth-order valence-corrected chi connectivity index (χ4v) is 0. The summed E-state index contributed by atoms with van der Waals surface area (Å²) in [6.45, 7) is 0. The van der Waals surface area contributed by atoms with Gasteiger partial charge in [0.2, 0.25) is 0 Å². The molecule has 0 aliphatic carbocycles. The van der Waals surface area contributed by atoms with Crippen molar-refractivity contribution in [3.05, 3.63) is 0 Å². The molecule has 9 heavy (non-hydrogen) atoms. The zero-order valence-electron chi connectivity index (χ0n) is 0.555. The van der Waals surface area contributed by atoms with Gasteiger partial charge < -0.3 is 0 Å². The third-order valence-corrected chi connectivity index (χ3v) is 0. The van der Waals surface area contributed by atoms with Gasteiger partial charge in [-0.1, -0.05) is 52.0 Å². The number of rotatable bonds is 0. The molecule has 0 saturated carbocycles. The van der Waals surface area contributed by atoms with Crippen LogP contribution in [0.1, 0.15) is 52.0 Å². The Kier molecular flexibility index (Phi) is 3530. The number of hydrogen-bond donors (Lipinski definition) is 0. The van der Waals surface area contributed by atoms with Gasteiger partial charge in [0, 0.05) is 73.7 Å². The van der Waals surface area contributed by atoms with Gasteiger partial charge in [-0.25, -0.2) is 0 Å². The molecule has 82 valence electrons. The minimum atomic E-state index is 0. The topological polar surface area (TPSA) is 0 Å². The first kappa shape index (κ1) is 206. The third-order valence-electron chi connectivity index (χ3n) is 0. The van der Waals surface area contributed by atoms with Crippen molar-refractivity contribution in [1.29, 1.82) is 0 Å². The van der Waals surface area contributed by atoms with E-state index < -0.39 is 0 Å². The first-order chi connectivity index (χ1) is 0. The fourth-order valence-electron chi connectivity index (χ4n) is 0. The van der Waals surface area contributed by atoms with Gasteiger partial charge in [0.05, 0.1) is 0 Å². The summed E-state index contributed by atoms with van der Waals surface area (Å²) < 4.78 is 0. The van der Waals surface area contributed by atoms with E-state index in [0.29, 0.717) is 0 Å². The summed E-state index contributed by atoms with van der Waals surface area (Å²) in [6.07, 6.45) is 0. The van der Waals surface area contributed by atoms with Crippen LogP contribution in [0.25, 0.3) is 0 Å². The maximum Gasteiger partial charge on any atom is 0 e. The molecule has 0 aliphatic heterocycles. The maximum absolute atomic E-state index is 0. The van der Waals surface area contributed by atoms with Crippen LogP contribution in [0.4, 0.5) is 0 Å².